The van der Waals surface area contributed by atoms with Crippen molar-refractivity contribution < 1.29 is 126 Å². The molecule has 4 saturated heterocycles. The number of sulfonamides is 4. The van der Waals surface area contributed by atoms with Crippen molar-refractivity contribution >= 4 is 58.0 Å². The maximum Gasteiger partial charge on any atom is 0.432 e. The van der Waals surface area contributed by atoms with Crippen molar-refractivity contribution in [2.75, 3.05) is 111 Å². The number of nitrogens with two attached hydrogens (primary N) is 2. The first-order valence-corrected chi connectivity index (χ1v) is 46.6. The molecular formula is C81H109F12N13O16S4. The van der Waals surface area contributed by atoms with Crippen LogP contribution >= 0.6 is 0 Å². The molecule has 8 fully saturated rings. The van der Waals surface area contributed by atoms with Crippen LogP contribution in [0.4, 0.5) is 57.5 Å². The maximum absolute atomic E-state index is 14.0. The van der Waals surface area contributed by atoms with Crippen molar-refractivity contribution in [2.45, 2.75) is 217 Å². The van der Waals surface area contributed by atoms with E-state index in [1.54, 1.807) is 34.6 Å². The van der Waals surface area contributed by atoms with Gasteiger partial charge in [0, 0.05) is 134 Å². The lowest BCUT2D eigenvalue weighted by Crippen LogP contribution is -2.55. The molecule has 4 aromatic carbocycles. The summed E-state index contributed by atoms with van der Waals surface area (Å²) in [6.07, 6.45) is -14.4. The zero-order valence-corrected chi connectivity index (χ0v) is 74.3. The van der Waals surface area contributed by atoms with Gasteiger partial charge in [-0.25, -0.2) is 38.5 Å². The van der Waals surface area contributed by atoms with E-state index in [1.807, 2.05) is 9.80 Å². The van der Waals surface area contributed by atoms with E-state index in [4.69, 9.17) is 16.2 Å². The number of primary amides is 2. The Morgan fingerprint density at radius 1 is 0.429 bits per heavy atom. The fraction of sp³-hybridized carbons (Fsp3) is 0.642. The van der Waals surface area contributed by atoms with Crippen molar-refractivity contribution in [3.63, 3.8) is 0 Å². The van der Waals surface area contributed by atoms with Crippen molar-refractivity contribution in [3.05, 3.63) is 119 Å². The second kappa shape index (κ2) is 37.4. The van der Waals surface area contributed by atoms with Crippen LogP contribution in [0.3, 0.4) is 0 Å². The number of nitriles is 2. The molecule has 126 heavy (non-hydrogen) atoms. The van der Waals surface area contributed by atoms with E-state index >= 15 is 0 Å². The molecule has 4 aromatic rings. The van der Waals surface area contributed by atoms with E-state index < -0.39 is 145 Å². The number of piperazine rings is 4. The summed E-state index contributed by atoms with van der Waals surface area (Å²) in [6.45, 7) is 17.4. The molecule has 0 bridgehead atoms. The summed E-state index contributed by atoms with van der Waals surface area (Å²) < 4.78 is 274. The van der Waals surface area contributed by atoms with Gasteiger partial charge in [-0.05, 0) is 178 Å². The Kier molecular flexibility index (Phi) is 30.4. The van der Waals surface area contributed by atoms with Crippen molar-refractivity contribution in [1.29, 1.82) is 10.5 Å². The van der Waals surface area contributed by atoms with Crippen molar-refractivity contribution in [2.24, 2.45) is 33.1 Å². The summed E-state index contributed by atoms with van der Waals surface area (Å²) in [4.78, 5) is 43.0. The van der Waals surface area contributed by atoms with Crippen LogP contribution in [-0.4, -0.2) is 275 Å². The van der Waals surface area contributed by atoms with Gasteiger partial charge in [0.2, 0.25) is 57.5 Å². The van der Waals surface area contributed by atoms with Gasteiger partial charge < -0.3 is 41.9 Å². The minimum atomic E-state index is -5.00. The van der Waals surface area contributed by atoms with Gasteiger partial charge in [0.05, 0.1) is 66.0 Å². The van der Waals surface area contributed by atoms with Gasteiger partial charge in [-0.3, -0.25) is 29.2 Å². The predicted octanol–water partition coefficient (Wildman–Crippen LogP) is 8.25. The van der Waals surface area contributed by atoms with Gasteiger partial charge in [-0.15, -0.1) is 0 Å². The number of alkyl carbamates (subject to hydrolysis) is 1. The first kappa shape index (κ1) is 102. The monoisotopic (exact) mass is 1880 g/mol. The number of nitrogens with one attached hydrogen (secondary N) is 1. The lowest BCUT2D eigenvalue weighted by Gasteiger charge is -2.40. The van der Waals surface area contributed by atoms with Crippen molar-refractivity contribution in [3.8, 4) is 12.1 Å². The van der Waals surface area contributed by atoms with Crippen LogP contribution in [0.5, 0.6) is 0 Å². The van der Waals surface area contributed by atoms with Gasteiger partial charge in [0.15, 0.2) is 16.8 Å². The molecule has 3 amide bonds. The molecule has 2 unspecified atom stereocenters. The number of rotatable bonds is 26. The van der Waals surface area contributed by atoms with Crippen LogP contribution in [-0.2, 0) is 76.8 Å². The molecule has 12 rings (SSSR count). The zero-order chi connectivity index (χ0) is 94.4. The fourth-order valence-electron chi connectivity index (χ4n) is 15.7. The molecule has 29 nitrogen and oxygen atoms in total. The molecule has 4 aliphatic carbocycles. The highest BCUT2D eigenvalue weighted by Gasteiger charge is 2.59. The van der Waals surface area contributed by atoms with Gasteiger partial charge >= 0.3 is 30.8 Å². The Morgan fingerprint density at radius 3 is 0.849 bits per heavy atom. The number of hydrogen-bond acceptors (Lipinski definition) is 22. The lowest BCUT2D eigenvalue weighted by molar-refractivity contribution is -0.259. The Morgan fingerprint density at radius 2 is 0.667 bits per heavy atom. The Hall–Kier alpha value is -7.45. The van der Waals surface area contributed by atoms with Gasteiger partial charge in [0.1, 0.15) is 0 Å². The third-order valence-corrected chi connectivity index (χ3v) is 33.4. The Balaban J connectivity index is 0.000000191. The third kappa shape index (κ3) is 22.4. The Labute approximate surface area is 725 Å². The van der Waals surface area contributed by atoms with E-state index in [1.165, 1.54) is 17.2 Å². The molecule has 702 valence electrons. The fourth-order valence-corrected chi connectivity index (χ4v) is 22.2. The first-order valence-electron chi connectivity index (χ1n) is 40.8. The SMILES string of the molecule is CC[C@@H](CO)NC(=O)O[C@@](C)(c1ccc(S(=O)(=O)N2CCN(CC3(C#N)CC3)C[C@H]2C)cc1)C(F)(F)F.C[C@@H]1CN(CC2(C#N)CC2)CCN1S(=O)(=O)c1ccc(C(C)(O)C(F)(F)F)cc1.C[C@@H]1CN(CC2(C(N)=O)CC2)CCN1S(=O)(=O)c1ccc(C(C)(O)C(F)(F)F)cc1.C[C@@H]1CN(CC2(C(N)=O)CC2)CCN1S(=O)(=O)c1ccc([C@](C)(O)C(F)(F)F)cc1. The molecule has 4 heterocycles. The third-order valence-electron chi connectivity index (χ3n) is 25.3. The number of hydrogen-bond donors (Lipinski definition) is 7. The number of halogens is 12. The van der Waals surface area contributed by atoms with E-state index in [0.29, 0.717) is 106 Å². The summed E-state index contributed by atoms with van der Waals surface area (Å²) in [5.41, 5.74) is -4.73. The molecule has 0 spiro atoms. The summed E-state index contributed by atoms with van der Waals surface area (Å²) in [5, 5.41) is 59.2. The predicted molar refractivity (Wildman–Crippen MR) is 432 cm³/mol. The number of nitrogens with zero attached hydrogens (tertiary/aromatic N) is 10. The average Bonchev–Trinajstić information content (AvgIpc) is 1.42. The summed E-state index contributed by atoms with van der Waals surface area (Å²) in [7, 11) is -15.7. The molecule has 9 N–H and O–H groups in total. The molecule has 4 saturated carbocycles. The van der Waals surface area contributed by atoms with Gasteiger partial charge in [-0.2, -0.15) is 80.4 Å². The first-order chi connectivity index (χ1) is 57.9. The minimum Gasteiger partial charge on any atom is -0.429 e. The number of benzene rings is 4. The van der Waals surface area contributed by atoms with Crippen molar-refractivity contribution in [1.82, 2.24) is 42.1 Å². The quantitative estimate of drug-likeness (QED) is 0.0291. The topological polar surface area (TPSA) is 415 Å². The van der Waals surface area contributed by atoms with E-state index in [2.05, 4.69) is 27.3 Å². The number of carbonyl (C=O) groups excluding carboxylic acids is 3. The maximum atomic E-state index is 14.0. The van der Waals surface area contributed by atoms with Crippen LogP contribution in [0.2, 0.25) is 0 Å². The van der Waals surface area contributed by atoms with E-state index in [-0.39, 0.29) is 93.0 Å². The number of alkyl halides is 12. The molecular weight excluding hydrogens is 1770 g/mol. The van der Waals surface area contributed by atoms with Crippen LogP contribution in [0, 0.1) is 44.3 Å². The second-order valence-electron chi connectivity index (χ2n) is 35.0. The van der Waals surface area contributed by atoms with E-state index in [0.717, 1.165) is 148 Å². The van der Waals surface area contributed by atoms with Crippen LogP contribution in [0.25, 0.3) is 0 Å². The highest BCUT2D eigenvalue weighted by Crippen LogP contribution is 2.51. The standard InChI is InChI=1S/C24H33F3N4O5S.2C19H26F3N3O4S.C19H24F3N3O3S/c1-4-19(14-32)29-21(33)36-22(3,24(25,26)27)18-5-7-20(8-6-18)37(34,35)31-12-11-30(13-17(31)2)16-23(15-28)9-10-23;2*1-13-11-24(12-18(7-8-18)16(23)26)9-10-25(13)30(28,29)15-5-3-14(4-6-15)17(2,27)19(20,21)22;1-14-11-24(13-18(12-23)7-8-18)9-10-25(14)29(27,28)16-5-3-15(4-6-16)17(2,26)19(20,21)22/h5-8,17,19,32H,4,9-14,16H2,1-3H3,(H,29,33);2*3-6,13,27H,7-12H2,1-2H3,(H2,23,26);3-6,14,26H,7-11,13H2,1-2H3/t17-,19+,22+;13-,17?;13-,17+;14-,17?/m1111/s1. The number of amides is 3. The van der Waals surface area contributed by atoms with Crippen LogP contribution < -0.4 is 16.8 Å². The summed E-state index contributed by atoms with van der Waals surface area (Å²) >= 11 is 0. The zero-order valence-electron chi connectivity index (χ0n) is 71.0. The number of aliphatic hydroxyl groups is 4. The number of carbonyl (C=O) groups is 3. The molecule has 4 aliphatic heterocycles. The average molecular weight is 1880 g/mol. The summed E-state index contributed by atoms with van der Waals surface area (Å²) in [6, 6.07) is 18.9. The molecule has 0 aromatic heterocycles. The molecule has 8 aliphatic rings. The highest BCUT2D eigenvalue weighted by molar-refractivity contribution is 7.90. The number of aliphatic hydroxyl groups excluding tert-OH is 1. The summed E-state index contributed by atoms with van der Waals surface area (Å²) in [5.74, 6) is -0.667. The molecule has 0 radical (unpaired) electrons. The molecule has 9 atom stereocenters. The van der Waals surface area contributed by atoms with Crippen LogP contribution in [0.15, 0.2) is 117 Å². The molecule has 45 heteroatoms. The highest BCUT2D eigenvalue weighted by atomic mass is 32.2. The number of ether oxygens (including phenoxy) is 1. The smallest absolute Gasteiger partial charge is 0.429 e. The largest absolute Gasteiger partial charge is 0.432 e. The van der Waals surface area contributed by atoms with E-state index in [9.17, 15) is 132 Å². The Bertz CT molecular complexity index is 4950. The van der Waals surface area contributed by atoms with Gasteiger partial charge in [0.25, 0.3) is 0 Å². The van der Waals surface area contributed by atoms with Gasteiger partial charge in [-0.1, -0.05) is 55.5 Å². The van der Waals surface area contributed by atoms with Crippen LogP contribution in [0.1, 0.15) is 142 Å². The second-order valence-corrected chi connectivity index (χ2v) is 42.6. The lowest BCUT2D eigenvalue weighted by atomic mass is 9.95. The normalized spacial score (nSPS) is 24.4. The minimum absolute atomic E-state index is 0.116.